The van der Waals surface area contributed by atoms with Crippen molar-refractivity contribution in [3.8, 4) is 5.69 Å². The first-order valence-corrected chi connectivity index (χ1v) is 11.3. The molecule has 33 heavy (non-hydrogen) atoms. The Morgan fingerprint density at radius 3 is 2.55 bits per heavy atom. The van der Waals surface area contributed by atoms with Gasteiger partial charge in [0.1, 0.15) is 11.6 Å². The molecule has 4 aromatic rings. The molecule has 1 aliphatic rings. The van der Waals surface area contributed by atoms with Crippen molar-refractivity contribution in [2.24, 2.45) is 0 Å². The summed E-state index contributed by atoms with van der Waals surface area (Å²) < 4.78 is 7.21. The van der Waals surface area contributed by atoms with Crippen molar-refractivity contribution in [3.05, 3.63) is 94.4 Å². The third-order valence-corrected chi connectivity index (χ3v) is 6.24. The van der Waals surface area contributed by atoms with Crippen LogP contribution in [-0.2, 0) is 0 Å². The average Bonchev–Trinajstić information content (AvgIpc) is 3.55. The Morgan fingerprint density at radius 1 is 1.06 bits per heavy atom. The minimum absolute atomic E-state index is 0.0237. The molecule has 2 aromatic heterocycles. The molecule has 3 heterocycles. The van der Waals surface area contributed by atoms with Crippen molar-refractivity contribution >= 4 is 16.8 Å². The van der Waals surface area contributed by atoms with E-state index in [4.69, 9.17) is 4.42 Å². The molecule has 0 spiro atoms. The summed E-state index contributed by atoms with van der Waals surface area (Å²) in [6.07, 6.45) is 3.99. The highest BCUT2D eigenvalue weighted by atomic mass is 16.3. The van der Waals surface area contributed by atoms with Gasteiger partial charge >= 0.3 is 0 Å². The molecule has 1 aliphatic heterocycles. The summed E-state index contributed by atoms with van der Waals surface area (Å²) in [5.41, 5.74) is 1.77. The van der Waals surface area contributed by atoms with E-state index in [-0.39, 0.29) is 17.5 Å². The molecule has 0 saturated carbocycles. The van der Waals surface area contributed by atoms with Crippen LogP contribution in [0.25, 0.3) is 16.6 Å². The molecule has 2 aromatic carbocycles. The van der Waals surface area contributed by atoms with E-state index in [0.717, 1.165) is 31.7 Å². The molecule has 0 bridgehead atoms. The zero-order valence-corrected chi connectivity index (χ0v) is 18.5. The quantitative estimate of drug-likeness (QED) is 0.491. The first-order valence-electron chi connectivity index (χ1n) is 11.3. The number of aryl methyl sites for hydroxylation is 1. The summed E-state index contributed by atoms with van der Waals surface area (Å²) >= 11 is 0. The number of para-hydroxylation sites is 1. The van der Waals surface area contributed by atoms with E-state index in [9.17, 15) is 9.59 Å². The predicted octanol–water partition coefficient (Wildman–Crippen LogP) is 3.85. The van der Waals surface area contributed by atoms with Crippen molar-refractivity contribution in [3.63, 3.8) is 0 Å². The van der Waals surface area contributed by atoms with Gasteiger partial charge in [0.05, 0.1) is 28.9 Å². The molecule has 1 saturated heterocycles. The number of furan rings is 1. The van der Waals surface area contributed by atoms with Gasteiger partial charge in [0.25, 0.3) is 11.5 Å². The van der Waals surface area contributed by atoms with Crippen LogP contribution in [0.4, 0.5) is 0 Å². The number of carbonyl (C=O) groups excluding carboxylic acids is 1. The van der Waals surface area contributed by atoms with Gasteiger partial charge in [-0.05, 0) is 81.4 Å². The smallest absolute Gasteiger partial charge is 0.265 e. The lowest BCUT2D eigenvalue weighted by Gasteiger charge is -2.26. The fourth-order valence-electron chi connectivity index (χ4n) is 4.54. The Labute approximate surface area is 191 Å². The van der Waals surface area contributed by atoms with E-state index >= 15 is 0 Å². The number of hydrogen-bond acceptors (Lipinski definition) is 5. The monoisotopic (exact) mass is 442 g/mol. The maximum absolute atomic E-state index is 13.0. The molecule has 1 fully saturated rings. The van der Waals surface area contributed by atoms with Gasteiger partial charge in [-0.2, -0.15) is 0 Å². The maximum atomic E-state index is 13.0. The highest BCUT2D eigenvalue weighted by molar-refractivity contribution is 5.94. The molecule has 0 unspecified atom stereocenters. The van der Waals surface area contributed by atoms with Crippen LogP contribution in [-0.4, -0.2) is 40.0 Å². The van der Waals surface area contributed by atoms with Gasteiger partial charge in [0.15, 0.2) is 0 Å². The Hall–Kier alpha value is -3.71. The van der Waals surface area contributed by atoms with Gasteiger partial charge in [-0.1, -0.05) is 12.1 Å². The zero-order chi connectivity index (χ0) is 22.8. The molecule has 7 heteroatoms. The Bertz CT molecular complexity index is 1320. The number of likely N-dealkylation sites (tertiary alicyclic amines) is 1. The number of fused-ring (bicyclic) bond motifs is 1. The first-order chi connectivity index (χ1) is 16.1. The maximum Gasteiger partial charge on any atom is 0.265 e. The van der Waals surface area contributed by atoms with Crippen LogP contribution < -0.4 is 10.9 Å². The van der Waals surface area contributed by atoms with E-state index in [2.05, 4.69) is 15.2 Å². The predicted molar refractivity (Wildman–Crippen MR) is 127 cm³/mol. The number of amides is 1. The summed E-state index contributed by atoms with van der Waals surface area (Å²) in [6.45, 7) is 4.29. The van der Waals surface area contributed by atoms with E-state index in [1.807, 2.05) is 37.3 Å². The molecule has 168 valence electrons. The second-order valence-corrected chi connectivity index (χ2v) is 8.35. The largest absolute Gasteiger partial charge is 0.468 e. The van der Waals surface area contributed by atoms with Gasteiger partial charge in [0, 0.05) is 12.1 Å². The minimum Gasteiger partial charge on any atom is -0.468 e. The van der Waals surface area contributed by atoms with Gasteiger partial charge in [-0.15, -0.1) is 0 Å². The van der Waals surface area contributed by atoms with Crippen LogP contribution in [0.15, 0.2) is 76.1 Å². The normalized spacial score (nSPS) is 15.1. The number of benzene rings is 2. The molecular weight excluding hydrogens is 416 g/mol. The standard InChI is InChI=1S/C26H26N4O3/c1-18-28-22-8-3-2-7-21(22)26(32)30(18)20-12-10-19(11-13-20)25(31)27-17-23(24-9-6-16-33-24)29-14-4-5-15-29/h2-3,6-13,16,23H,4-5,14-15,17H2,1H3,(H,27,31)/t23-/m0/s1. The Kier molecular flexibility index (Phi) is 5.79. The van der Waals surface area contributed by atoms with Crippen molar-refractivity contribution in [2.45, 2.75) is 25.8 Å². The van der Waals surface area contributed by atoms with Crippen molar-refractivity contribution in [1.29, 1.82) is 0 Å². The fraction of sp³-hybridized carbons (Fsp3) is 0.269. The van der Waals surface area contributed by atoms with E-state index in [0.29, 0.717) is 34.5 Å². The van der Waals surface area contributed by atoms with E-state index in [1.54, 1.807) is 41.2 Å². The number of nitrogens with zero attached hydrogens (tertiary/aromatic N) is 3. The first kappa shape index (κ1) is 21.2. The second kappa shape index (κ2) is 9.03. The number of carbonyl (C=O) groups is 1. The van der Waals surface area contributed by atoms with Gasteiger partial charge in [-0.3, -0.25) is 19.1 Å². The Morgan fingerprint density at radius 2 is 1.82 bits per heavy atom. The van der Waals surface area contributed by atoms with Crippen LogP contribution in [0.5, 0.6) is 0 Å². The van der Waals surface area contributed by atoms with Gasteiger partial charge in [-0.25, -0.2) is 4.98 Å². The van der Waals surface area contributed by atoms with Crippen LogP contribution in [0, 0.1) is 6.92 Å². The lowest BCUT2D eigenvalue weighted by Crippen LogP contribution is -2.36. The lowest BCUT2D eigenvalue weighted by molar-refractivity contribution is 0.0934. The van der Waals surface area contributed by atoms with Crippen LogP contribution in [0.3, 0.4) is 0 Å². The molecule has 5 rings (SSSR count). The van der Waals surface area contributed by atoms with E-state index < -0.39 is 0 Å². The lowest BCUT2D eigenvalue weighted by atomic mass is 10.1. The summed E-state index contributed by atoms with van der Waals surface area (Å²) in [6, 6.07) is 18.2. The fourth-order valence-corrected chi connectivity index (χ4v) is 4.54. The minimum atomic E-state index is -0.155. The molecule has 7 nitrogen and oxygen atoms in total. The van der Waals surface area contributed by atoms with Crippen molar-refractivity contribution < 1.29 is 9.21 Å². The highest BCUT2D eigenvalue weighted by Gasteiger charge is 2.26. The van der Waals surface area contributed by atoms with Crippen LogP contribution in [0.2, 0.25) is 0 Å². The molecule has 1 N–H and O–H groups in total. The topological polar surface area (TPSA) is 80.4 Å². The SMILES string of the molecule is Cc1nc2ccccc2c(=O)n1-c1ccc(C(=O)NC[C@@H](c2ccco2)N2CCCC2)cc1. The second-order valence-electron chi connectivity index (χ2n) is 8.35. The average molecular weight is 443 g/mol. The molecule has 1 amide bonds. The third-order valence-electron chi connectivity index (χ3n) is 6.24. The van der Waals surface area contributed by atoms with E-state index in [1.165, 1.54) is 0 Å². The molecule has 0 aliphatic carbocycles. The number of nitrogens with one attached hydrogen (secondary N) is 1. The number of aromatic nitrogens is 2. The molecule has 1 atom stereocenters. The molecular formula is C26H26N4O3. The van der Waals surface area contributed by atoms with Gasteiger partial charge in [0.2, 0.25) is 0 Å². The van der Waals surface area contributed by atoms with Crippen LogP contribution >= 0.6 is 0 Å². The zero-order valence-electron chi connectivity index (χ0n) is 18.5. The number of rotatable bonds is 6. The highest BCUT2D eigenvalue weighted by Crippen LogP contribution is 2.25. The Balaban J connectivity index is 1.34. The van der Waals surface area contributed by atoms with Crippen molar-refractivity contribution in [2.75, 3.05) is 19.6 Å². The summed E-state index contributed by atoms with van der Waals surface area (Å²) in [5, 5.41) is 3.61. The summed E-state index contributed by atoms with van der Waals surface area (Å²) in [5.74, 6) is 1.31. The summed E-state index contributed by atoms with van der Waals surface area (Å²) in [7, 11) is 0. The third kappa shape index (κ3) is 4.19. The van der Waals surface area contributed by atoms with Crippen LogP contribution in [0.1, 0.15) is 40.8 Å². The van der Waals surface area contributed by atoms with Gasteiger partial charge < -0.3 is 9.73 Å². The molecule has 0 radical (unpaired) electrons. The van der Waals surface area contributed by atoms with Crippen molar-refractivity contribution in [1.82, 2.24) is 19.8 Å². The summed E-state index contributed by atoms with van der Waals surface area (Å²) in [4.78, 5) is 32.8. The number of hydrogen-bond donors (Lipinski definition) is 1.